The van der Waals surface area contributed by atoms with Crippen LogP contribution in [0, 0.1) is 6.92 Å². The van der Waals surface area contributed by atoms with Crippen molar-refractivity contribution in [3.05, 3.63) is 36.0 Å². The van der Waals surface area contributed by atoms with Gasteiger partial charge in [0.2, 0.25) is 0 Å². The molecule has 1 aliphatic carbocycles. The maximum Gasteiger partial charge on any atom is 0.0725 e. The first-order chi connectivity index (χ1) is 8.83. The molecule has 1 aromatic carbocycles. The Morgan fingerprint density at radius 3 is 2.72 bits per heavy atom. The van der Waals surface area contributed by atoms with Gasteiger partial charge < -0.3 is 5.32 Å². The number of nitrogens with one attached hydrogen (secondary N) is 1. The number of hydrogen-bond donors (Lipinski definition) is 1. The summed E-state index contributed by atoms with van der Waals surface area (Å²) in [6, 6.07) is 11.2. The van der Waals surface area contributed by atoms with Crippen LogP contribution >= 0.6 is 0 Å². The van der Waals surface area contributed by atoms with E-state index in [4.69, 9.17) is 0 Å². The van der Waals surface area contributed by atoms with Crippen molar-refractivity contribution in [3.8, 4) is 0 Å². The van der Waals surface area contributed by atoms with Crippen molar-refractivity contribution in [1.29, 1.82) is 0 Å². The van der Waals surface area contributed by atoms with Crippen molar-refractivity contribution < 1.29 is 0 Å². The fourth-order valence-electron chi connectivity index (χ4n) is 2.89. The Hall–Kier alpha value is -1.57. The number of rotatable bonds is 2. The lowest BCUT2D eigenvalue weighted by Crippen LogP contribution is -2.22. The normalized spacial score (nSPS) is 16.9. The maximum absolute atomic E-state index is 4.59. The van der Waals surface area contributed by atoms with Crippen LogP contribution in [0.3, 0.4) is 0 Å². The third-order valence-corrected chi connectivity index (χ3v) is 3.81. The maximum atomic E-state index is 4.59. The zero-order chi connectivity index (χ0) is 12.4. The first kappa shape index (κ1) is 11.5. The Balaban J connectivity index is 1.94. The lowest BCUT2D eigenvalue weighted by atomic mass is 9.95. The van der Waals surface area contributed by atoms with E-state index in [1.165, 1.54) is 43.2 Å². The molecule has 18 heavy (non-hydrogen) atoms. The predicted octanol–water partition coefficient (Wildman–Crippen LogP) is 4.29. The van der Waals surface area contributed by atoms with Crippen LogP contribution in [0.2, 0.25) is 0 Å². The number of para-hydroxylation sites is 1. The van der Waals surface area contributed by atoms with Crippen molar-refractivity contribution in [2.24, 2.45) is 0 Å². The third-order valence-electron chi connectivity index (χ3n) is 3.81. The summed E-state index contributed by atoms with van der Waals surface area (Å²) in [4.78, 5) is 4.59. The molecule has 2 nitrogen and oxygen atoms in total. The second kappa shape index (κ2) is 4.97. The number of anilines is 1. The summed E-state index contributed by atoms with van der Waals surface area (Å²) in [5.41, 5.74) is 3.44. The number of aryl methyl sites for hydroxylation is 1. The quantitative estimate of drug-likeness (QED) is 0.847. The summed E-state index contributed by atoms with van der Waals surface area (Å²) in [6.07, 6.45) is 6.72. The van der Waals surface area contributed by atoms with Crippen LogP contribution in [0.25, 0.3) is 10.9 Å². The van der Waals surface area contributed by atoms with Crippen LogP contribution < -0.4 is 5.32 Å². The zero-order valence-electron chi connectivity index (χ0n) is 10.9. The van der Waals surface area contributed by atoms with Crippen LogP contribution in [0.15, 0.2) is 30.3 Å². The molecule has 3 rings (SSSR count). The molecule has 0 spiro atoms. The smallest absolute Gasteiger partial charge is 0.0725 e. The minimum atomic E-state index is 0.643. The van der Waals surface area contributed by atoms with Gasteiger partial charge >= 0.3 is 0 Å². The molecule has 1 fully saturated rings. The van der Waals surface area contributed by atoms with Crippen LogP contribution in [-0.4, -0.2) is 11.0 Å². The predicted molar refractivity (Wildman–Crippen MR) is 77.0 cm³/mol. The minimum absolute atomic E-state index is 0.643. The molecule has 0 unspecified atom stereocenters. The molecule has 0 atom stereocenters. The highest BCUT2D eigenvalue weighted by molar-refractivity contribution is 5.91. The molecule has 1 heterocycles. The van der Waals surface area contributed by atoms with E-state index in [0.29, 0.717) is 6.04 Å². The summed E-state index contributed by atoms with van der Waals surface area (Å²) < 4.78 is 0. The molecular formula is C16H20N2. The average molecular weight is 240 g/mol. The fraction of sp³-hybridized carbons (Fsp3) is 0.438. The standard InChI is InChI=1S/C16H20N2/c1-12-11-16(18-13-7-3-2-4-8-13)14-9-5-6-10-15(14)17-12/h5-6,9-11,13H,2-4,7-8H2,1H3,(H,17,18). The summed E-state index contributed by atoms with van der Waals surface area (Å²) in [5.74, 6) is 0. The first-order valence-corrected chi connectivity index (χ1v) is 6.96. The van der Waals surface area contributed by atoms with E-state index in [1.54, 1.807) is 0 Å². The van der Waals surface area contributed by atoms with Crippen molar-refractivity contribution in [2.75, 3.05) is 5.32 Å². The Morgan fingerprint density at radius 2 is 1.89 bits per heavy atom. The van der Waals surface area contributed by atoms with E-state index in [9.17, 15) is 0 Å². The third kappa shape index (κ3) is 2.33. The molecule has 1 aromatic heterocycles. The molecule has 0 bridgehead atoms. The molecule has 1 N–H and O–H groups in total. The Morgan fingerprint density at radius 1 is 1.11 bits per heavy atom. The summed E-state index contributed by atoms with van der Waals surface area (Å²) in [7, 11) is 0. The van der Waals surface area contributed by atoms with Gasteiger partial charge in [-0.3, -0.25) is 4.98 Å². The second-order valence-corrected chi connectivity index (χ2v) is 5.31. The van der Waals surface area contributed by atoms with Gasteiger partial charge in [-0.1, -0.05) is 37.5 Å². The highest BCUT2D eigenvalue weighted by Crippen LogP contribution is 2.27. The minimum Gasteiger partial charge on any atom is -0.382 e. The molecule has 0 aliphatic heterocycles. The van der Waals surface area contributed by atoms with E-state index in [-0.39, 0.29) is 0 Å². The monoisotopic (exact) mass is 240 g/mol. The molecular weight excluding hydrogens is 220 g/mol. The molecule has 0 radical (unpaired) electrons. The summed E-state index contributed by atoms with van der Waals surface area (Å²) in [5, 5.41) is 4.97. The van der Waals surface area contributed by atoms with Gasteiger partial charge in [0, 0.05) is 22.8 Å². The molecule has 0 amide bonds. The molecule has 1 aliphatic rings. The summed E-state index contributed by atoms with van der Waals surface area (Å²) >= 11 is 0. The van der Waals surface area contributed by atoms with Crippen LogP contribution in [0.1, 0.15) is 37.8 Å². The van der Waals surface area contributed by atoms with E-state index < -0.39 is 0 Å². The number of benzene rings is 1. The van der Waals surface area contributed by atoms with Crippen molar-refractivity contribution >= 4 is 16.6 Å². The van der Waals surface area contributed by atoms with Gasteiger partial charge in [-0.15, -0.1) is 0 Å². The Kier molecular flexibility index (Phi) is 3.18. The largest absolute Gasteiger partial charge is 0.382 e. The van der Waals surface area contributed by atoms with Gasteiger partial charge in [0.15, 0.2) is 0 Å². The molecule has 0 saturated heterocycles. The topological polar surface area (TPSA) is 24.9 Å². The number of fused-ring (bicyclic) bond motifs is 1. The molecule has 2 heteroatoms. The van der Waals surface area contributed by atoms with E-state index in [1.807, 2.05) is 0 Å². The number of aromatic nitrogens is 1. The van der Waals surface area contributed by atoms with Crippen molar-refractivity contribution in [1.82, 2.24) is 4.98 Å². The zero-order valence-corrected chi connectivity index (χ0v) is 10.9. The van der Waals surface area contributed by atoms with E-state index in [0.717, 1.165) is 11.2 Å². The van der Waals surface area contributed by atoms with Crippen molar-refractivity contribution in [2.45, 2.75) is 45.1 Å². The SMILES string of the molecule is Cc1cc(NC2CCCCC2)c2ccccc2n1. The Bertz CT molecular complexity index is 542. The van der Waals surface area contributed by atoms with Gasteiger partial charge in [0.25, 0.3) is 0 Å². The highest BCUT2D eigenvalue weighted by Gasteiger charge is 2.14. The molecule has 2 aromatic rings. The second-order valence-electron chi connectivity index (χ2n) is 5.31. The van der Waals surface area contributed by atoms with Crippen LogP contribution in [0.5, 0.6) is 0 Å². The number of nitrogens with zero attached hydrogens (tertiary/aromatic N) is 1. The van der Waals surface area contributed by atoms with Gasteiger partial charge in [-0.25, -0.2) is 0 Å². The summed E-state index contributed by atoms with van der Waals surface area (Å²) in [6.45, 7) is 2.07. The highest BCUT2D eigenvalue weighted by atomic mass is 14.9. The number of pyridine rings is 1. The van der Waals surface area contributed by atoms with Gasteiger partial charge in [0.1, 0.15) is 0 Å². The van der Waals surface area contributed by atoms with E-state index in [2.05, 4.69) is 47.6 Å². The van der Waals surface area contributed by atoms with Gasteiger partial charge in [-0.2, -0.15) is 0 Å². The molecule has 94 valence electrons. The first-order valence-electron chi connectivity index (χ1n) is 6.96. The van der Waals surface area contributed by atoms with Gasteiger partial charge in [0.05, 0.1) is 5.52 Å². The van der Waals surface area contributed by atoms with Gasteiger partial charge in [-0.05, 0) is 31.9 Å². The van der Waals surface area contributed by atoms with Crippen LogP contribution in [-0.2, 0) is 0 Å². The average Bonchev–Trinajstić information content (AvgIpc) is 2.40. The lowest BCUT2D eigenvalue weighted by molar-refractivity contribution is 0.463. The molecule has 1 saturated carbocycles. The lowest BCUT2D eigenvalue weighted by Gasteiger charge is -2.24. The van der Waals surface area contributed by atoms with Crippen LogP contribution in [0.4, 0.5) is 5.69 Å². The van der Waals surface area contributed by atoms with Crippen molar-refractivity contribution in [3.63, 3.8) is 0 Å². The number of hydrogen-bond acceptors (Lipinski definition) is 2. The Labute approximate surface area is 108 Å². The fourth-order valence-corrected chi connectivity index (χ4v) is 2.89. The van der Waals surface area contributed by atoms with E-state index >= 15 is 0 Å².